The number of rotatable bonds is 1. The highest BCUT2D eigenvalue weighted by molar-refractivity contribution is 6.12. The van der Waals surface area contributed by atoms with Gasteiger partial charge < -0.3 is 0 Å². The largest absolute Gasteiger partial charge is 0.289 e. The first-order valence-corrected chi connectivity index (χ1v) is 11.2. The van der Waals surface area contributed by atoms with Gasteiger partial charge in [0.2, 0.25) is 0 Å². The van der Waals surface area contributed by atoms with Crippen molar-refractivity contribution in [3.8, 4) is 5.75 Å². The van der Waals surface area contributed by atoms with E-state index in [-0.39, 0.29) is 33.2 Å². The molecule has 2 nitrogen and oxygen atoms in total. The Labute approximate surface area is 191 Å². The Bertz CT molecular complexity index is 950. The van der Waals surface area contributed by atoms with Crippen LogP contribution >= 0.6 is 0 Å². The highest BCUT2D eigenvalue weighted by Gasteiger charge is 2.34. The van der Waals surface area contributed by atoms with Crippen molar-refractivity contribution >= 4 is 11.8 Å². The van der Waals surface area contributed by atoms with Crippen LogP contribution in [0.15, 0.2) is 41.0 Å². The number of benzene rings is 1. The summed E-state index contributed by atoms with van der Waals surface area (Å²) in [4.78, 5) is 13.3. The normalized spacial score (nSPS) is 16.7. The lowest BCUT2D eigenvalue weighted by molar-refractivity contribution is -0.114. The van der Waals surface area contributed by atoms with Crippen LogP contribution in [0.25, 0.3) is 6.05 Å². The van der Waals surface area contributed by atoms with E-state index in [0.717, 1.165) is 33.4 Å². The van der Waals surface area contributed by atoms with Gasteiger partial charge in [-0.05, 0) is 63.1 Å². The van der Waals surface area contributed by atoms with E-state index >= 15 is 0 Å². The SMILES string of the molecule is [2H]C(=C1C=C(C(C)(C)C)C(=O)C(C(C)(C)C)=C1)c1cc(C(C)(C)C)c([O])c(C(C)(C)C)c1. The molecule has 0 fully saturated rings. The third kappa shape index (κ3) is 5.59. The fourth-order valence-electron chi connectivity index (χ4n) is 3.80. The second-order valence-electron chi connectivity index (χ2n) is 12.9. The summed E-state index contributed by atoms with van der Waals surface area (Å²) in [5, 5.41) is 13.3. The topological polar surface area (TPSA) is 37.0 Å². The molecule has 0 aromatic heterocycles. The van der Waals surface area contributed by atoms with E-state index in [1.165, 1.54) is 0 Å². The Balaban J connectivity index is 2.92. The lowest BCUT2D eigenvalue weighted by atomic mass is 9.71. The zero-order valence-electron chi connectivity index (χ0n) is 22.6. The van der Waals surface area contributed by atoms with Crippen LogP contribution in [-0.4, -0.2) is 5.78 Å². The number of carbonyl (C=O) groups is 1. The van der Waals surface area contributed by atoms with Crippen molar-refractivity contribution < 1.29 is 11.3 Å². The van der Waals surface area contributed by atoms with E-state index in [0.29, 0.717) is 6.05 Å². The second kappa shape index (κ2) is 7.80. The average Bonchev–Trinajstić information content (AvgIpc) is 2.57. The predicted molar refractivity (Wildman–Crippen MR) is 132 cm³/mol. The summed E-state index contributed by atoms with van der Waals surface area (Å²) in [5.41, 5.74) is 2.98. The molecule has 0 saturated heterocycles. The molecule has 1 aromatic carbocycles. The number of ketones is 1. The number of hydrogen-bond donors (Lipinski definition) is 0. The molecule has 0 aliphatic heterocycles. The van der Waals surface area contributed by atoms with Crippen LogP contribution in [0.4, 0.5) is 0 Å². The van der Waals surface area contributed by atoms with Gasteiger partial charge in [0, 0.05) is 22.3 Å². The van der Waals surface area contributed by atoms with Gasteiger partial charge in [-0.2, -0.15) is 0 Å². The van der Waals surface area contributed by atoms with Crippen LogP contribution in [0.2, 0.25) is 0 Å². The van der Waals surface area contributed by atoms with Crippen LogP contribution in [0.5, 0.6) is 5.75 Å². The Morgan fingerprint density at radius 2 is 1.03 bits per heavy atom. The fourth-order valence-corrected chi connectivity index (χ4v) is 3.80. The number of hydrogen-bond acceptors (Lipinski definition) is 1. The number of carbonyl (C=O) groups excluding carboxylic acids is 1. The van der Waals surface area contributed by atoms with E-state index in [1.807, 2.05) is 107 Å². The molecule has 31 heavy (non-hydrogen) atoms. The summed E-state index contributed by atoms with van der Waals surface area (Å²) < 4.78 is 9.11. The molecular weight excluding hydrogens is 380 g/mol. The standard InChI is InChI=1S/C29H41O2/c1-26(2,3)20-14-18(15-21(24(20)30)27(4,5)6)13-19-16-22(28(7,8)9)25(31)23(17-19)29(10,11)12/h13-17H,1-12H3/i13D. The molecule has 0 N–H and O–H groups in total. The van der Waals surface area contributed by atoms with Crippen LogP contribution in [0.1, 0.15) is 101 Å². The third-order valence-electron chi connectivity index (χ3n) is 5.70. The van der Waals surface area contributed by atoms with E-state index in [1.54, 1.807) is 0 Å². The first-order valence-electron chi connectivity index (χ1n) is 11.7. The van der Waals surface area contributed by atoms with Crippen molar-refractivity contribution in [1.29, 1.82) is 0 Å². The Kier molecular flexibility index (Phi) is 5.93. The summed E-state index contributed by atoms with van der Waals surface area (Å²) in [6.07, 6.45) is 3.75. The van der Waals surface area contributed by atoms with Gasteiger partial charge in [0.25, 0.3) is 0 Å². The van der Waals surface area contributed by atoms with Crippen LogP contribution in [0.3, 0.4) is 0 Å². The van der Waals surface area contributed by atoms with Crippen LogP contribution in [0, 0.1) is 10.8 Å². The predicted octanol–water partition coefficient (Wildman–Crippen LogP) is 8.34. The first kappa shape index (κ1) is 23.6. The summed E-state index contributed by atoms with van der Waals surface area (Å²) >= 11 is 0. The zero-order valence-corrected chi connectivity index (χ0v) is 21.6. The van der Waals surface area contributed by atoms with Crippen LogP contribution in [-0.2, 0) is 20.7 Å². The molecule has 0 unspecified atom stereocenters. The minimum absolute atomic E-state index is 0.0576. The molecule has 169 valence electrons. The van der Waals surface area contributed by atoms with Crippen molar-refractivity contribution in [1.82, 2.24) is 0 Å². The molecule has 2 heteroatoms. The minimum atomic E-state index is -0.334. The smallest absolute Gasteiger partial charge is 0.186 e. The maximum atomic E-state index is 13.3. The molecule has 2 rings (SSSR count). The van der Waals surface area contributed by atoms with Gasteiger partial charge in [0.1, 0.15) is 0 Å². The summed E-state index contributed by atoms with van der Waals surface area (Å²) in [6.45, 7) is 24.4. The van der Waals surface area contributed by atoms with E-state index < -0.39 is 0 Å². The van der Waals surface area contributed by atoms with Gasteiger partial charge >= 0.3 is 0 Å². The first-order chi connectivity index (χ1) is 14.2. The van der Waals surface area contributed by atoms with Crippen LogP contribution < -0.4 is 0 Å². The molecule has 0 saturated carbocycles. The van der Waals surface area contributed by atoms with Gasteiger partial charge in [0.15, 0.2) is 11.5 Å². The molecule has 1 radical (unpaired) electrons. The third-order valence-corrected chi connectivity index (χ3v) is 5.70. The molecule has 1 aliphatic carbocycles. The zero-order chi connectivity index (χ0) is 25.0. The second-order valence-corrected chi connectivity index (χ2v) is 12.9. The Hall–Kier alpha value is -2.09. The molecule has 0 heterocycles. The van der Waals surface area contributed by atoms with Crippen molar-refractivity contribution in [2.45, 2.75) is 93.9 Å². The molecule has 1 aromatic rings. The van der Waals surface area contributed by atoms with Crippen molar-refractivity contribution in [2.24, 2.45) is 10.8 Å². The maximum Gasteiger partial charge on any atom is 0.186 e. The molecule has 0 spiro atoms. The number of allylic oxidation sites excluding steroid dienone is 5. The highest BCUT2D eigenvalue weighted by atomic mass is 16.3. The highest BCUT2D eigenvalue weighted by Crippen LogP contribution is 2.42. The number of Topliss-reactive ketones (excluding diaryl/α,β-unsaturated/α-hetero) is 1. The van der Waals surface area contributed by atoms with Gasteiger partial charge in [-0.15, -0.1) is 0 Å². The molecule has 0 bridgehead atoms. The molecule has 0 amide bonds. The van der Waals surface area contributed by atoms with Crippen molar-refractivity contribution in [3.05, 3.63) is 57.7 Å². The molecule has 1 aliphatic rings. The van der Waals surface area contributed by atoms with E-state index in [4.69, 9.17) is 1.37 Å². The molecular formula is C29H41O2. The minimum Gasteiger partial charge on any atom is -0.289 e. The van der Waals surface area contributed by atoms with Gasteiger partial charge in [-0.1, -0.05) is 83.1 Å². The summed E-state index contributed by atoms with van der Waals surface area (Å²) in [5.74, 6) is 0.115. The van der Waals surface area contributed by atoms with Gasteiger partial charge in [-0.25, -0.2) is 0 Å². The lowest BCUT2D eigenvalue weighted by Crippen LogP contribution is -2.27. The van der Waals surface area contributed by atoms with Crippen molar-refractivity contribution in [2.75, 3.05) is 0 Å². The van der Waals surface area contributed by atoms with Crippen molar-refractivity contribution in [3.63, 3.8) is 0 Å². The Morgan fingerprint density at radius 1 is 0.677 bits per heavy atom. The average molecular weight is 423 g/mol. The van der Waals surface area contributed by atoms with E-state index in [9.17, 15) is 9.90 Å². The monoisotopic (exact) mass is 422 g/mol. The Morgan fingerprint density at radius 3 is 1.32 bits per heavy atom. The maximum absolute atomic E-state index is 13.3. The van der Waals surface area contributed by atoms with Gasteiger partial charge in [-0.3, -0.25) is 9.90 Å². The van der Waals surface area contributed by atoms with Gasteiger partial charge in [0.05, 0.1) is 1.37 Å². The summed E-state index contributed by atoms with van der Waals surface area (Å²) in [6, 6.07) is 4.09. The molecule has 0 atom stereocenters. The van der Waals surface area contributed by atoms with E-state index in [2.05, 4.69) is 0 Å². The quantitative estimate of drug-likeness (QED) is 0.448. The summed E-state index contributed by atoms with van der Waals surface area (Å²) in [7, 11) is 0. The fraction of sp³-hybridized carbons (Fsp3) is 0.552. The lowest BCUT2D eigenvalue weighted by Gasteiger charge is -2.31.